The Balaban J connectivity index is 1.97. The van der Waals surface area contributed by atoms with Crippen LogP contribution in [0.4, 0.5) is 11.4 Å². The van der Waals surface area contributed by atoms with E-state index in [0.717, 1.165) is 22.4 Å². The third-order valence-corrected chi connectivity index (χ3v) is 4.21. The first kappa shape index (κ1) is 14.2. The number of anilines is 1. The number of nitrogens with zero attached hydrogens (tertiary/aromatic N) is 2. The van der Waals surface area contributed by atoms with Gasteiger partial charge in [-0.3, -0.25) is 0 Å². The van der Waals surface area contributed by atoms with E-state index < -0.39 is 0 Å². The van der Waals surface area contributed by atoms with Gasteiger partial charge in [0.05, 0.1) is 11.4 Å². The highest BCUT2D eigenvalue weighted by Gasteiger charge is 2.17. The van der Waals surface area contributed by atoms with E-state index in [4.69, 9.17) is 16.6 Å². The molecule has 2 aromatic carbocycles. The zero-order valence-corrected chi connectivity index (χ0v) is 13.2. The Kier molecular flexibility index (Phi) is 4.32. The Morgan fingerprint density at radius 3 is 2.67 bits per heavy atom. The van der Waals surface area contributed by atoms with Gasteiger partial charge in [-0.25, -0.2) is 4.99 Å². The maximum absolute atomic E-state index is 5.92. The molecule has 1 aliphatic rings. The lowest BCUT2D eigenvalue weighted by Gasteiger charge is -2.28. The molecule has 1 aliphatic heterocycles. The molecule has 0 N–H and O–H groups in total. The number of hydrogen-bond donors (Lipinski definition) is 0. The normalized spacial score (nSPS) is 14.2. The summed E-state index contributed by atoms with van der Waals surface area (Å²) in [5, 5.41) is 1.71. The Morgan fingerprint density at radius 1 is 1.14 bits per heavy atom. The lowest BCUT2D eigenvalue weighted by Crippen LogP contribution is -2.30. The Morgan fingerprint density at radius 2 is 1.90 bits per heavy atom. The SMILES string of the molecule is CSC(=Nc1ccc(Cl)cc1)N1CC=Cc2ccccc21. The van der Waals surface area contributed by atoms with Crippen LogP contribution in [-0.4, -0.2) is 18.0 Å². The van der Waals surface area contributed by atoms with Crippen LogP contribution in [0.2, 0.25) is 5.02 Å². The van der Waals surface area contributed by atoms with Crippen molar-refractivity contribution in [3.63, 3.8) is 0 Å². The third kappa shape index (κ3) is 3.14. The predicted octanol–water partition coefficient (Wildman–Crippen LogP) is 5.22. The topological polar surface area (TPSA) is 15.6 Å². The van der Waals surface area contributed by atoms with Crippen molar-refractivity contribution < 1.29 is 0 Å². The zero-order valence-electron chi connectivity index (χ0n) is 11.7. The van der Waals surface area contributed by atoms with Crippen molar-refractivity contribution >= 4 is 46.0 Å². The van der Waals surface area contributed by atoms with E-state index in [1.165, 1.54) is 11.3 Å². The van der Waals surface area contributed by atoms with Gasteiger partial charge in [-0.05, 0) is 42.2 Å². The number of rotatable bonds is 1. The molecule has 0 bridgehead atoms. The average Bonchev–Trinajstić information content (AvgIpc) is 2.54. The van der Waals surface area contributed by atoms with Crippen molar-refractivity contribution in [2.24, 2.45) is 4.99 Å². The van der Waals surface area contributed by atoms with E-state index >= 15 is 0 Å². The van der Waals surface area contributed by atoms with Crippen molar-refractivity contribution in [1.82, 2.24) is 0 Å². The molecule has 0 atom stereocenters. The highest BCUT2D eigenvalue weighted by atomic mass is 35.5. The monoisotopic (exact) mass is 314 g/mol. The summed E-state index contributed by atoms with van der Waals surface area (Å²) in [6.45, 7) is 0.838. The van der Waals surface area contributed by atoms with Crippen molar-refractivity contribution in [2.75, 3.05) is 17.7 Å². The van der Waals surface area contributed by atoms with Gasteiger partial charge in [0.15, 0.2) is 5.17 Å². The molecule has 1 heterocycles. The number of hydrogen-bond acceptors (Lipinski definition) is 2. The molecule has 0 radical (unpaired) electrons. The third-order valence-electron chi connectivity index (χ3n) is 3.28. The minimum atomic E-state index is 0.728. The van der Waals surface area contributed by atoms with Gasteiger partial charge in [0.25, 0.3) is 0 Å². The fourth-order valence-corrected chi connectivity index (χ4v) is 3.00. The zero-order chi connectivity index (χ0) is 14.7. The molecular formula is C17H15ClN2S. The van der Waals surface area contributed by atoms with Gasteiger partial charge in [0.1, 0.15) is 0 Å². The summed E-state index contributed by atoms with van der Waals surface area (Å²) >= 11 is 7.57. The maximum Gasteiger partial charge on any atom is 0.168 e. The molecule has 0 fully saturated rings. The quantitative estimate of drug-likeness (QED) is 0.529. The Hall–Kier alpha value is -1.71. The minimum Gasteiger partial charge on any atom is -0.317 e. The van der Waals surface area contributed by atoms with Crippen LogP contribution in [0, 0.1) is 0 Å². The van der Waals surface area contributed by atoms with E-state index in [-0.39, 0.29) is 0 Å². The van der Waals surface area contributed by atoms with Crippen LogP contribution in [-0.2, 0) is 0 Å². The number of aliphatic imine (C=N–C) groups is 1. The molecule has 0 saturated carbocycles. The Bertz CT molecular complexity index is 692. The molecule has 0 aromatic heterocycles. The molecule has 4 heteroatoms. The summed E-state index contributed by atoms with van der Waals surface area (Å²) in [5.41, 5.74) is 3.33. The second-order valence-electron chi connectivity index (χ2n) is 4.65. The Labute approximate surface area is 134 Å². The van der Waals surface area contributed by atoms with Crippen LogP contribution in [0.1, 0.15) is 5.56 Å². The van der Waals surface area contributed by atoms with Crippen LogP contribution in [0.3, 0.4) is 0 Å². The lowest BCUT2D eigenvalue weighted by atomic mass is 10.1. The molecule has 106 valence electrons. The molecule has 21 heavy (non-hydrogen) atoms. The molecule has 0 amide bonds. The molecular weight excluding hydrogens is 300 g/mol. The van der Waals surface area contributed by atoms with Gasteiger partial charge >= 0.3 is 0 Å². The fraction of sp³-hybridized carbons (Fsp3) is 0.118. The van der Waals surface area contributed by atoms with Gasteiger partial charge in [0, 0.05) is 11.6 Å². The maximum atomic E-state index is 5.92. The average molecular weight is 315 g/mol. The molecule has 2 nitrogen and oxygen atoms in total. The number of thioether (sulfide) groups is 1. The van der Waals surface area contributed by atoms with Crippen LogP contribution < -0.4 is 4.90 Å². The smallest absolute Gasteiger partial charge is 0.168 e. The van der Waals surface area contributed by atoms with Gasteiger partial charge in [-0.1, -0.05) is 53.7 Å². The minimum absolute atomic E-state index is 0.728. The molecule has 0 unspecified atom stereocenters. The number of fused-ring (bicyclic) bond motifs is 1. The summed E-state index contributed by atoms with van der Waals surface area (Å²) in [5.74, 6) is 0. The summed E-state index contributed by atoms with van der Waals surface area (Å²) in [6, 6.07) is 16.0. The molecule has 0 aliphatic carbocycles. The van der Waals surface area contributed by atoms with Gasteiger partial charge < -0.3 is 4.90 Å². The second kappa shape index (κ2) is 6.37. The summed E-state index contributed by atoms with van der Waals surface area (Å²) in [6.07, 6.45) is 6.37. The molecule has 0 saturated heterocycles. The molecule has 0 spiro atoms. The summed E-state index contributed by atoms with van der Waals surface area (Å²) in [4.78, 5) is 6.98. The van der Waals surface area contributed by atoms with E-state index in [1.807, 2.05) is 24.3 Å². The van der Waals surface area contributed by atoms with Gasteiger partial charge in [0.2, 0.25) is 0 Å². The van der Waals surface area contributed by atoms with Crippen molar-refractivity contribution in [1.29, 1.82) is 0 Å². The standard InChI is InChI=1S/C17H15ClN2S/c1-21-17(19-15-10-8-14(18)9-11-15)20-12-4-6-13-5-2-3-7-16(13)20/h2-11H,12H2,1H3. The van der Waals surface area contributed by atoms with Crippen LogP contribution in [0.25, 0.3) is 6.08 Å². The fourth-order valence-electron chi connectivity index (χ4n) is 2.28. The van der Waals surface area contributed by atoms with Gasteiger partial charge in [-0.15, -0.1) is 0 Å². The highest BCUT2D eigenvalue weighted by Crippen LogP contribution is 2.29. The number of halogens is 1. The summed E-state index contributed by atoms with van der Waals surface area (Å²) in [7, 11) is 0. The molecule has 2 aromatic rings. The summed E-state index contributed by atoms with van der Waals surface area (Å²) < 4.78 is 0. The number of benzene rings is 2. The van der Waals surface area contributed by atoms with Crippen LogP contribution in [0.15, 0.2) is 59.6 Å². The highest BCUT2D eigenvalue weighted by molar-refractivity contribution is 8.13. The first-order valence-corrected chi connectivity index (χ1v) is 8.29. The van der Waals surface area contributed by atoms with Crippen molar-refractivity contribution in [2.45, 2.75) is 0 Å². The first-order valence-electron chi connectivity index (χ1n) is 6.69. The van der Waals surface area contributed by atoms with E-state index in [1.54, 1.807) is 11.8 Å². The van der Waals surface area contributed by atoms with E-state index in [2.05, 4.69) is 47.6 Å². The van der Waals surface area contributed by atoms with E-state index in [9.17, 15) is 0 Å². The van der Waals surface area contributed by atoms with E-state index in [0.29, 0.717) is 0 Å². The largest absolute Gasteiger partial charge is 0.317 e. The number of amidine groups is 1. The lowest BCUT2D eigenvalue weighted by molar-refractivity contribution is 1.13. The second-order valence-corrected chi connectivity index (χ2v) is 5.86. The van der Waals surface area contributed by atoms with Crippen LogP contribution >= 0.6 is 23.4 Å². The first-order chi connectivity index (χ1) is 10.3. The van der Waals surface area contributed by atoms with Crippen molar-refractivity contribution in [3.8, 4) is 0 Å². The van der Waals surface area contributed by atoms with Crippen LogP contribution in [0.5, 0.6) is 0 Å². The van der Waals surface area contributed by atoms with Crippen molar-refractivity contribution in [3.05, 3.63) is 65.2 Å². The number of para-hydroxylation sites is 1. The predicted molar refractivity (Wildman–Crippen MR) is 94.9 cm³/mol. The molecule has 3 rings (SSSR count). The van der Waals surface area contributed by atoms with Gasteiger partial charge in [-0.2, -0.15) is 0 Å².